The fraction of sp³-hybridized carbons (Fsp3) is 0.0588. The maximum absolute atomic E-state index is 12.0. The molecule has 100 valence electrons. The second-order valence-electron chi connectivity index (χ2n) is 4.46. The highest BCUT2D eigenvalue weighted by Crippen LogP contribution is 2.12. The zero-order valence-corrected chi connectivity index (χ0v) is 11.0. The van der Waals surface area contributed by atoms with Crippen LogP contribution >= 0.6 is 0 Å². The Morgan fingerprint density at radius 2 is 1.85 bits per heavy atom. The van der Waals surface area contributed by atoms with Crippen LogP contribution < -0.4 is 5.43 Å². The minimum absolute atomic E-state index is 0.00361. The maximum atomic E-state index is 12.0. The van der Waals surface area contributed by atoms with Crippen molar-refractivity contribution in [3.05, 3.63) is 81.5 Å². The summed E-state index contributed by atoms with van der Waals surface area (Å²) in [5, 5.41) is 9.70. The third kappa shape index (κ3) is 3.20. The molecule has 0 aliphatic heterocycles. The van der Waals surface area contributed by atoms with Gasteiger partial charge in [-0.25, -0.2) is 0 Å². The second-order valence-corrected chi connectivity index (χ2v) is 4.46. The highest BCUT2D eigenvalue weighted by Gasteiger charge is 2.09. The van der Waals surface area contributed by atoms with Gasteiger partial charge in [0.1, 0.15) is 0 Å². The van der Waals surface area contributed by atoms with Gasteiger partial charge >= 0.3 is 0 Å². The Morgan fingerprint density at radius 3 is 2.60 bits per heavy atom. The molecule has 3 heteroatoms. The third-order valence-electron chi connectivity index (χ3n) is 2.84. The number of hydrogen-bond acceptors (Lipinski definition) is 3. The summed E-state index contributed by atoms with van der Waals surface area (Å²) in [5.74, 6) is -0.925. The van der Waals surface area contributed by atoms with Crippen molar-refractivity contribution >= 4 is 11.9 Å². The van der Waals surface area contributed by atoms with Crippen molar-refractivity contribution in [1.29, 1.82) is 0 Å². The lowest BCUT2D eigenvalue weighted by atomic mass is 10.1. The Bertz CT molecular complexity index is 730. The first-order valence-electron chi connectivity index (χ1n) is 6.19. The van der Waals surface area contributed by atoms with Crippen molar-refractivity contribution < 1.29 is 9.90 Å². The number of ketones is 1. The van der Waals surface area contributed by atoms with Crippen LogP contribution in [0.3, 0.4) is 0 Å². The van der Waals surface area contributed by atoms with Crippen molar-refractivity contribution in [2.24, 2.45) is 0 Å². The zero-order chi connectivity index (χ0) is 14.5. The number of carbonyl (C=O) groups is 1. The zero-order valence-electron chi connectivity index (χ0n) is 11.0. The first kappa shape index (κ1) is 13.7. The Labute approximate surface area is 116 Å². The van der Waals surface area contributed by atoms with E-state index in [1.54, 1.807) is 12.1 Å². The quantitative estimate of drug-likeness (QED) is 0.686. The first-order chi connectivity index (χ1) is 9.58. The summed E-state index contributed by atoms with van der Waals surface area (Å²) in [4.78, 5) is 23.5. The van der Waals surface area contributed by atoms with E-state index in [1.807, 2.05) is 31.2 Å². The smallest absolute Gasteiger partial charge is 0.220 e. The summed E-state index contributed by atoms with van der Waals surface area (Å²) in [6.07, 6.45) is 3.01. The van der Waals surface area contributed by atoms with Gasteiger partial charge in [0, 0.05) is 0 Å². The number of aromatic hydroxyl groups is 1. The SMILES string of the molecule is Cc1cccc(C=CC(=O)c2ccccc(=O)c2O)c1. The molecule has 0 radical (unpaired) electrons. The van der Waals surface area contributed by atoms with Crippen LogP contribution in [0.1, 0.15) is 21.5 Å². The molecule has 0 aliphatic rings. The van der Waals surface area contributed by atoms with Gasteiger partial charge in [-0.3, -0.25) is 9.59 Å². The van der Waals surface area contributed by atoms with E-state index >= 15 is 0 Å². The molecule has 0 unspecified atom stereocenters. The summed E-state index contributed by atoms with van der Waals surface area (Å²) in [5.41, 5.74) is 1.42. The number of carbonyl (C=O) groups excluding carboxylic acids is 1. The molecule has 20 heavy (non-hydrogen) atoms. The molecule has 0 fully saturated rings. The van der Waals surface area contributed by atoms with Crippen LogP contribution in [-0.4, -0.2) is 10.9 Å². The van der Waals surface area contributed by atoms with E-state index in [1.165, 1.54) is 24.3 Å². The first-order valence-corrected chi connectivity index (χ1v) is 6.19. The average molecular weight is 266 g/mol. The molecule has 0 spiro atoms. The molecule has 0 amide bonds. The lowest BCUT2D eigenvalue weighted by Gasteiger charge is -1.97. The minimum Gasteiger partial charge on any atom is -0.504 e. The molecule has 1 N–H and O–H groups in total. The predicted octanol–water partition coefficient (Wildman–Crippen LogP) is 2.96. The maximum Gasteiger partial charge on any atom is 0.220 e. The second kappa shape index (κ2) is 5.97. The molecule has 2 aromatic carbocycles. The summed E-state index contributed by atoms with van der Waals surface area (Å²) < 4.78 is 0. The molecule has 0 heterocycles. The van der Waals surface area contributed by atoms with Crippen LogP contribution in [0.4, 0.5) is 0 Å². The van der Waals surface area contributed by atoms with Gasteiger partial charge in [-0.05, 0) is 30.7 Å². The lowest BCUT2D eigenvalue weighted by molar-refractivity contribution is 0.104. The van der Waals surface area contributed by atoms with Gasteiger partial charge < -0.3 is 5.11 Å². The monoisotopic (exact) mass is 266 g/mol. The van der Waals surface area contributed by atoms with Crippen molar-refractivity contribution in [1.82, 2.24) is 0 Å². The molecular formula is C17H14O3. The predicted molar refractivity (Wildman–Crippen MR) is 78.9 cm³/mol. The van der Waals surface area contributed by atoms with Crippen LogP contribution in [0.5, 0.6) is 5.75 Å². The molecule has 3 nitrogen and oxygen atoms in total. The topological polar surface area (TPSA) is 54.4 Å². The molecule has 0 aromatic heterocycles. The molecule has 0 aliphatic carbocycles. The molecule has 2 aromatic rings. The van der Waals surface area contributed by atoms with E-state index < -0.39 is 17.0 Å². The van der Waals surface area contributed by atoms with Crippen molar-refractivity contribution in [2.45, 2.75) is 6.92 Å². The molecule has 2 rings (SSSR count). The highest BCUT2D eigenvalue weighted by atomic mass is 16.3. The Hall–Kier alpha value is -2.68. The Morgan fingerprint density at radius 1 is 1.10 bits per heavy atom. The van der Waals surface area contributed by atoms with E-state index in [2.05, 4.69) is 0 Å². The lowest BCUT2D eigenvalue weighted by Crippen LogP contribution is -2.01. The Balaban J connectivity index is 2.32. The van der Waals surface area contributed by atoms with Crippen LogP contribution in [-0.2, 0) is 0 Å². The van der Waals surface area contributed by atoms with E-state index in [9.17, 15) is 14.7 Å². The third-order valence-corrected chi connectivity index (χ3v) is 2.84. The average Bonchev–Trinajstić information content (AvgIpc) is 2.59. The number of allylic oxidation sites excluding steroid dienone is 1. The summed E-state index contributed by atoms with van der Waals surface area (Å²) in [7, 11) is 0. The largest absolute Gasteiger partial charge is 0.504 e. The number of benzene rings is 1. The highest BCUT2D eigenvalue weighted by molar-refractivity contribution is 6.08. The van der Waals surface area contributed by atoms with Gasteiger partial charge in [0.25, 0.3) is 0 Å². The molecule has 0 saturated heterocycles. The minimum atomic E-state index is -0.567. The normalized spacial score (nSPS) is 10.7. The van der Waals surface area contributed by atoms with E-state index in [4.69, 9.17) is 0 Å². The van der Waals surface area contributed by atoms with Crippen molar-refractivity contribution in [2.75, 3.05) is 0 Å². The van der Waals surface area contributed by atoms with Gasteiger partial charge in [0.15, 0.2) is 11.5 Å². The van der Waals surface area contributed by atoms with E-state index in [-0.39, 0.29) is 5.56 Å². The van der Waals surface area contributed by atoms with Gasteiger partial charge in [0.2, 0.25) is 5.43 Å². The summed E-state index contributed by atoms with van der Waals surface area (Å²) in [6.45, 7) is 1.96. The van der Waals surface area contributed by atoms with Crippen LogP contribution in [0.2, 0.25) is 0 Å². The standard InChI is InChI=1S/C17H14O3/c1-12-5-4-6-13(11-12)9-10-15(18)14-7-2-3-8-16(19)17(14)20/h2-11H,1H3,(H,19,20). The van der Waals surface area contributed by atoms with E-state index in [0.717, 1.165) is 11.1 Å². The summed E-state index contributed by atoms with van der Waals surface area (Å²) in [6, 6.07) is 13.4. The number of rotatable bonds is 3. The van der Waals surface area contributed by atoms with Gasteiger partial charge in [-0.15, -0.1) is 0 Å². The van der Waals surface area contributed by atoms with Crippen LogP contribution in [0.25, 0.3) is 6.08 Å². The fourth-order valence-electron chi connectivity index (χ4n) is 1.82. The molecule has 0 saturated carbocycles. The number of hydrogen-bond donors (Lipinski definition) is 1. The van der Waals surface area contributed by atoms with Crippen LogP contribution in [0.15, 0.2) is 59.4 Å². The summed E-state index contributed by atoms with van der Waals surface area (Å²) >= 11 is 0. The Kier molecular flexibility index (Phi) is 4.11. The molecule has 0 bridgehead atoms. The molecule has 0 atom stereocenters. The van der Waals surface area contributed by atoms with Gasteiger partial charge in [0.05, 0.1) is 5.56 Å². The van der Waals surface area contributed by atoms with Gasteiger partial charge in [-0.2, -0.15) is 0 Å². The number of aryl methyl sites for hydroxylation is 1. The van der Waals surface area contributed by atoms with E-state index in [0.29, 0.717) is 0 Å². The van der Waals surface area contributed by atoms with Crippen LogP contribution in [0, 0.1) is 6.92 Å². The van der Waals surface area contributed by atoms with Crippen molar-refractivity contribution in [3.8, 4) is 5.75 Å². The fourth-order valence-corrected chi connectivity index (χ4v) is 1.82. The van der Waals surface area contributed by atoms with Gasteiger partial charge in [-0.1, -0.05) is 48.0 Å². The molecular weight excluding hydrogens is 252 g/mol. The van der Waals surface area contributed by atoms with Crippen molar-refractivity contribution in [3.63, 3.8) is 0 Å².